The molecule has 0 aliphatic heterocycles. The molecule has 0 spiro atoms. The van der Waals surface area contributed by atoms with Crippen LogP contribution in [0.15, 0.2) is 24.3 Å². The number of rotatable bonds is 5. The third-order valence-electron chi connectivity index (χ3n) is 2.76. The number of nitrogens with one attached hydrogen (secondary N) is 1. The highest BCUT2D eigenvalue weighted by molar-refractivity contribution is 5.70. The largest absolute Gasteiger partial charge is 0.469 e. The van der Waals surface area contributed by atoms with Crippen molar-refractivity contribution in [3.05, 3.63) is 35.4 Å². The Hall–Kier alpha value is -1.35. The highest BCUT2D eigenvalue weighted by Crippen LogP contribution is 2.21. The first-order valence-electron chi connectivity index (χ1n) is 5.54. The van der Waals surface area contributed by atoms with Crippen LogP contribution >= 0.6 is 0 Å². The zero-order chi connectivity index (χ0) is 12.0. The average Bonchev–Trinajstić information content (AvgIpc) is 2.35. The fourth-order valence-electron chi connectivity index (χ4n) is 1.81. The molecule has 0 saturated heterocycles. The van der Waals surface area contributed by atoms with E-state index in [1.165, 1.54) is 18.2 Å². The molecule has 3 nitrogen and oxygen atoms in total. The first-order valence-corrected chi connectivity index (χ1v) is 5.54. The molecule has 1 aromatic carbocycles. The van der Waals surface area contributed by atoms with Gasteiger partial charge < -0.3 is 10.1 Å². The molecule has 0 aromatic heterocycles. The molecule has 0 amide bonds. The monoisotopic (exact) mass is 221 g/mol. The van der Waals surface area contributed by atoms with Crippen LogP contribution in [0.5, 0.6) is 0 Å². The average molecular weight is 221 g/mol. The lowest BCUT2D eigenvalue weighted by Gasteiger charge is -2.18. The van der Waals surface area contributed by atoms with Gasteiger partial charge in [0.1, 0.15) is 0 Å². The number of ether oxygens (including phenoxy) is 1. The number of carbonyl (C=O) groups excluding carboxylic acids is 1. The van der Waals surface area contributed by atoms with E-state index in [9.17, 15) is 4.79 Å². The highest BCUT2D eigenvalue weighted by atomic mass is 16.5. The summed E-state index contributed by atoms with van der Waals surface area (Å²) in [6.45, 7) is 2.11. The van der Waals surface area contributed by atoms with Crippen molar-refractivity contribution in [1.82, 2.24) is 5.32 Å². The summed E-state index contributed by atoms with van der Waals surface area (Å²) in [5, 5.41) is 3.16. The van der Waals surface area contributed by atoms with E-state index >= 15 is 0 Å². The fourth-order valence-corrected chi connectivity index (χ4v) is 1.81. The lowest BCUT2D eigenvalue weighted by molar-refractivity contribution is -0.141. The van der Waals surface area contributed by atoms with Crippen LogP contribution in [0.25, 0.3) is 0 Å². The summed E-state index contributed by atoms with van der Waals surface area (Å²) in [5.41, 5.74) is 2.45. The van der Waals surface area contributed by atoms with Gasteiger partial charge in [-0.05, 0) is 24.6 Å². The number of methoxy groups -OCH3 is 1. The molecule has 0 heterocycles. The molecule has 1 unspecified atom stereocenters. The van der Waals surface area contributed by atoms with Crippen molar-refractivity contribution in [2.75, 3.05) is 14.2 Å². The predicted molar refractivity (Wildman–Crippen MR) is 64.3 cm³/mol. The predicted octanol–water partition coefficient (Wildman–Crippen LogP) is 2.07. The minimum atomic E-state index is -0.190. The standard InChI is InChI=1S/C13H19NO2/c1-4-10-7-5-6-8-11(10)12(14-2)9-13(15)16-3/h5-8,12,14H,4,9H2,1-3H3. The lowest BCUT2D eigenvalue weighted by atomic mass is 9.96. The van der Waals surface area contributed by atoms with Gasteiger partial charge in [0.25, 0.3) is 0 Å². The van der Waals surface area contributed by atoms with Crippen molar-refractivity contribution in [2.24, 2.45) is 0 Å². The second-order valence-electron chi connectivity index (χ2n) is 3.67. The van der Waals surface area contributed by atoms with Crippen molar-refractivity contribution >= 4 is 5.97 Å². The molecule has 3 heteroatoms. The zero-order valence-corrected chi connectivity index (χ0v) is 10.1. The molecule has 1 aromatic rings. The van der Waals surface area contributed by atoms with Gasteiger partial charge in [-0.2, -0.15) is 0 Å². The van der Waals surface area contributed by atoms with E-state index in [-0.39, 0.29) is 12.0 Å². The van der Waals surface area contributed by atoms with E-state index in [0.29, 0.717) is 6.42 Å². The Bertz CT molecular complexity index is 350. The van der Waals surface area contributed by atoms with E-state index in [0.717, 1.165) is 6.42 Å². The quantitative estimate of drug-likeness (QED) is 0.774. The summed E-state index contributed by atoms with van der Waals surface area (Å²) in [6.07, 6.45) is 1.33. The van der Waals surface area contributed by atoms with Crippen LogP contribution in [0, 0.1) is 0 Å². The van der Waals surface area contributed by atoms with Crippen molar-refractivity contribution in [1.29, 1.82) is 0 Å². The normalized spacial score (nSPS) is 12.2. The summed E-state index contributed by atoms with van der Waals surface area (Å²) in [6, 6.07) is 8.20. The van der Waals surface area contributed by atoms with Crippen LogP contribution in [0.3, 0.4) is 0 Å². The maximum absolute atomic E-state index is 11.3. The highest BCUT2D eigenvalue weighted by Gasteiger charge is 2.16. The summed E-state index contributed by atoms with van der Waals surface area (Å²) < 4.78 is 4.70. The van der Waals surface area contributed by atoms with Crippen molar-refractivity contribution in [2.45, 2.75) is 25.8 Å². The minimum absolute atomic E-state index is 0.0311. The van der Waals surface area contributed by atoms with Gasteiger partial charge >= 0.3 is 5.97 Å². The van der Waals surface area contributed by atoms with E-state index in [4.69, 9.17) is 4.74 Å². The Morgan fingerprint density at radius 1 is 1.44 bits per heavy atom. The van der Waals surface area contributed by atoms with Crippen LogP contribution in [0.2, 0.25) is 0 Å². The number of esters is 1. The first-order chi connectivity index (χ1) is 7.72. The SMILES string of the molecule is CCc1ccccc1C(CC(=O)OC)NC. The smallest absolute Gasteiger partial charge is 0.307 e. The first kappa shape index (κ1) is 12.7. The van der Waals surface area contributed by atoms with Gasteiger partial charge in [-0.25, -0.2) is 0 Å². The van der Waals surface area contributed by atoms with E-state index < -0.39 is 0 Å². The van der Waals surface area contributed by atoms with E-state index in [1.54, 1.807) is 0 Å². The zero-order valence-electron chi connectivity index (χ0n) is 10.1. The third kappa shape index (κ3) is 3.07. The minimum Gasteiger partial charge on any atom is -0.469 e. The van der Waals surface area contributed by atoms with Gasteiger partial charge in [-0.15, -0.1) is 0 Å². The van der Waals surface area contributed by atoms with Crippen LogP contribution in [0.4, 0.5) is 0 Å². The van der Waals surface area contributed by atoms with Gasteiger partial charge in [0.05, 0.1) is 13.5 Å². The summed E-state index contributed by atoms with van der Waals surface area (Å²) in [4.78, 5) is 11.3. The molecule has 1 rings (SSSR count). The third-order valence-corrected chi connectivity index (χ3v) is 2.76. The number of benzene rings is 1. The van der Waals surface area contributed by atoms with Gasteiger partial charge in [0.15, 0.2) is 0 Å². The molecule has 1 N–H and O–H groups in total. The Labute approximate surface area is 96.8 Å². The maximum Gasteiger partial charge on any atom is 0.307 e. The Morgan fingerprint density at radius 2 is 2.12 bits per heavy atom. The fraction of sp³-hybridized carbons (Fsp3) is 0.462. The topological polar surface area (TPSA) is 38.3 Å². The number of hydrogen-bond donors (Lipinski definition) is 1. The number of aryl methyl sites for hydroxylation is 1. The Morgan fingerprint density at radius 3 is 2.69 bits per heavy atom. The van der Waals surface area contributed by atoms with Gasteiger partial charge in [-0.1, -0.05) is 31.2 Å². The molecule has 0 saturated carbocycles. The second kappa shape index (κ2) is 6.28. The summed E-state index contributed by atoms with van der Waals surface area (Å²) >= 11 is 0. The number of carbonyl (C=O) groups is 1. The van der Waals surface area contributed by atoms with Gasteiger partial charge in [0, 0.05) is 6.04 Å². The molecule has 0 fully saturated rings. The van der Waals surface area contributed by atoms with Crippen molar-refractivity contribution in [3.63, 3.8) is 0 Å². The Balaban J connectivity index is 2.89. The molecule has 0 aliphatic carbocycles. The summed E-state index contributed by atoms with van der Waals surface area (Å²) in [5.74, 6) is -0.190. The van der Waals surface area contributed by atoms with Gasteiger partial charge in [0.2, 0.25) is 0 Å². The van der Waals surface area contributed by atoms with Crippen LogP contribution in [-0.4, -0.2) is 20.1 Å². The molecular weight excluding hydrogens is 202 g/mol. The molecule has 88 valence electrons. The van der Waals surface area contributed by atoms with Crippen molar-refractivity contribution in [3.8, 4) is 0 Å². The maximum atomic E-state index is 11.3. The van der Waals surface area contributed by atoms with E-state index in [2.05, 4.69) is 24.4 Å². The molecule has 1 atom stereocenters. The lowest BCUT2D eigenvalue weighted by Crippen LogP contribution is -2.21. The van der Waals surface area contributed by atoms with Gasteiger partial charge in [-0.3, -0.25) is 4.79 Å². The molecule has 0 bridgehead atoms. The van der Waals surface area contributed by atoms with Crippen LogP contribution in [0.1, 0.15) is 30.5 Å². The second-order valence-corrected chi connectivity index (χ2v) is 3.67. The van der Waals surface area contributed by atoms with Crippen molar-refractivity contribution < 1.29 is 9.53 Å². The van der Waals surface area contributed by atoms with Crippen LogP contribution in [-0.2, 0) is 16.0 Å². The Kier molecular flexibility index (Phi) is 4.99. The van der Waals surface area contributed by atoms with E-state index in [1.807, 2.05) is 19.2 Å². The molecular formula is C13H19NO2. The molecule has 0 radical (unpaired) electrons. The molecule has 0 aliphatic rings. The number of hydrogen-bond acceptors (Lipinski definition) is 3. The summed E-state index contributed by atoms with van der Waals surface area (Å²) in [7, 11) is 3.28. The van der Waals surface area contributed by atoms with Crippen LogP contribution < -0.4 is 5.32 Å². The molecule has 16 heavy (non-hydrogen) atoms.